The summed E-state index contributed by atoms with van der Waals surface area (Å²) in [7, 11) is 0. The highest BCUT2D eigenvalue weighted by molar-refractivity contribution is 5.94. The quantitative estimate of drug-likeness (QED) is 0.685. The molecule has 1 aromatic heterocycles. The monoisotopic (exact) mass is 376 g/mol. The molecule has 1 aliphatic heterocycles. The lowest BCUT2D eigenvalue weighted by molar-refractivity contribution is 0.0997. The molecule has 1 aliphatic rings. The van der Waals surface area contributed by atoms with Crippen LogP contribution in [0.2, 0.25) is 0 Å². The molecule has 1 unspecified atom stereocenters. The first-order chi connectivity index (χ1) is 13.7. The van der Waals surface area contributed by atoms with Gasteiger partial charge in [0, 0.05) is 18.7 Å². The van der Waals surface area contributed by atoms with Gasteiger partial charge in [-0.15, -0.1) is 0 Å². The molecule has 1 saturated heterocycles. The Morgan fingerprint density at radius 1 is 1.00 bits per heavy atom. The Kier molecular flexibility index (Phi) is 5.16. The fourth-order valence-electron chi connectivity index (χ4n) is 3.01. The maximum Gasteiger partial charge on any atom is 0.255 e. The number of carbonyl (C=O) groups excluding carboxylic acids is 1. The zero-order chi connectivity index (χ0) is 19.3. The zero-order valence-electron chi connectivity index (χ0n) is 15.2. The number of ether oxygens (including phenoxy) is 2. The van der Waals surface area contributed by atoms with E-state index in [4.69, 9.17) is 15.2 Å². The van der Waals surface area contributed by atoms with Crippen LogP contribution in [0.15, 0.2) is 60.8 Å². The second-order valence-electron chi connectivity index (χ2n) is 6.49. The second-order valence-corrected chi connectivity index (χ2v) is 6.49. The molecule has 7 heteroatoms. The Morgan fingerprint density at radius 3 is 2.32 bits per heavy atom. The lowest BCUT2D eigenvalue weighted by Gasteiger charge is -2.12. The molecule has 2 heterocycles. The molecule has 2 aromatic carbocycles. The predicted octanol–water partition coefficient (Wildman–Crippen LogP) is 3.24. The third-order valence-corrected chi connectivity index (χ3v) is 4.48. The van der Waals surface area contributed by atoms with Crippen LogP contribution in [0.4, 0.5) is 0 Å². The molecular formula is C21H20N4O3. The van der Waals surface area contributed by atoms with Gasteiger partial charge in [-0.2, -0.15) is 4.98 Å². The van der Waals surface area contributed by atoms with Gasteiger partial charge in [0.25, 0.3) is 5.91 Å². The minimum Gasteiger partial charge on any atom is -0.457 e. The molecule has 0 bridgehead atoms. The van der Waals surface area contributed by atoms with Gasteiger partial charge in [0.15, 0.2) is 0 Å². The van der Waals surface area contributed by atoms with Crippen LogP contribution >= 0.6 is 0 Å². The van der Waals surface area contributed by atoms with Gasteiger partial charge in [-0.05, 0) is 49.4 Å². The highest BCUT2D eigenvalue weighted by atomic mass is 16.5. The number of nitrogens with zero attached hydrogens (tertiary/aromatic N) is 2. The third-order valence-electron chi connectivity index (χ3n) is 4.48. The van der Waals surface area contributed by atoms with Crippen molar-refractivity contribution in [3.05, 3.63) is 72.2 Å². The maximum atomic E-state index is 11.7. The lowest BCUT2D eigenvalue weighted by atomic mass is 10.1. The first kappa shape index (κ1) is 17.9. The lowest BCUT2D eigenvalue weighted by Crippen LogP contribution is -2.16. The number of nitrogens with two attached hydrogens (primary N) is 1. The number of amides is 1. The van der Waals surface area contributed by atoms with Crippen molar-refractivity contribution in [1.82, 2.24) is 15.3 Å². The summed E-state index contributed by atoms with van der Waals surface area (Å²) >= 11 is 0. The van der Waals surface area contributed by atoms with E-state index in [2.05, 4.69) is 15.3 Å². The van der Waals surface area contributed by atoms with Crippen molar-refractivity contribution in [1.29, 1.82) is 0 Å². The minimum absolute atomic E-state index is 0.152. The van der Waals surface area contributed by atoms with Crippen LogP contribution in [0.25, 0.3) is 0 Å². The number of primary amides is 1. The number of aromatic nitrogens is 2. The highest BCUT2D eigenvalue weighted by Gasteiger charge is 2.22. The van der Waals surface area contributed by atoms with E-state index in [9.17, 15) is 4.79 Å². The van der Waals surface area contributed by atoms with E-state index >= 15 is 0 Å². The van der Waals surface area contributed by atoms with Crippen molar-refractivity contribution >= 4 is 5.91 Å². The van der Waals surface area contributed by atoms with Crippen LogP contribution in [0.1, 0.15) is 28.5 Å². The fourth-order valence-corrected chi connectivity index (χ4v) is 3.01. The van der Waals surface area contributed by atoms with Gasteiger partial charge < -0.3 is 20.5 Å². The maximum absolute atomic E-state index is 11.7. The molecule has 7 nitrogen and oxygen atoms in total. The Labute approximate surface area is 162 Å². The van der Waals surface area contributed by atoms with Gasteiger partial charge in [0.2, 0.25) is 5.88 Å². The highest BCUT2D eigenvalue weighted by Crippen LogP contribution is 2.29. The zero-order valence-corrected chi connectivity index (χ0v) is 15.2. The van der Waals surface area contributed by atoms with Gasteiger partial charge >= 0.3 is 0 Å². The Morgan fingerprint density at radius 2 is 1.68 bits per heavy atom. The Balaban J connectivity index is 1.54. The molecule has 142 valence electrons. The van der Waals surface area contributed by atoms with E-state index in [1.54, 1.807) is 24.3 Å². The van der Waals surface area contributed by atoms with E-state index in [0.717, 1.165) is 25.3 Å². The molecule has 0 radical (unpaired) electrons. The number of hydrogen-bond donors (Lipinski definition) is 2. The van der Waals surface area contributed by atoms with Crippen molar-refractivity contribution in [2.75, 3.05) is 13.1 Å². The number of carbonyl (C=O) groups is 1. The topological polar surface area (TPSA) is 99.4 Å². The van der Waals surface area contributed by atoms with E-state index in [0.29, 0.717) is 17.3 Å². The van der Waals surface area contributed by atoms with Crippen LogP contribution in [0.3, 0.4) is 0 Å². The van der Waals surface area contributed by atoms with E-state index < -0.39 is 5.91 Å². The second kappa shape index (κ2) is 8.06. The van der Waals surface area contributed by atoms with Gasteiger partial charge in [-0.3, -0.25) is 4.79 Å². The van der Waals surface area contributed by atoms with E-state index in [-0.39, 0.29) is 17.4 Å². The summed E-state index contributed by atoms with van der Waals surface area (Å²) in [6.07, 6.45) is 2.38. The Hall–Kier alpha value is -3.45. The number of rotatable bonds is 6. The van der Waals surface area contributed by atoms with Crippen LogP contribution in [0, 0.1) is 0 Å². The summed E-state index contributed by atoms with van der Waals surface area (Å²) in [6.45, 7) is 1.73. The normalized spacial score (nSPS) is 15.9. The van der Waals surface area contributed by atoms with Crippen molar-refractivity contribution in [2.45, 2.75) is 12.3 Å². The SMILES string of the molecule is NC(=O)c1cnc(C2CCNC2)nc1Oc1ccc(Oc2ccccc2)cc1. The molecule has 28 heavy (non-hydrogen) atoms. The molecule has 0 aliphatic carbocycles. The standard InChI is InChI=1S/C21H20N4O3/c22-19(26)18-13-24-20(14-10-11-23-12-14)25-21(18)28-17-8-6-16(7-9-17)27-15-4-2-1-3-5-15/h1-9,13-14,23H,10-12H2,(H2,22,26). The Bertz CT molecular complexity index is 955. The summed E-state index contributed by atoms with van der Waals surface area (Å²) in [5.74, 6) is 2.33. The average Bonchev–Trinajstić information content (AvgIpc) is 3.25. The average molecular weight is 376 g/mol. The van der Waals surface area contributed by atoms with Gasteiger partial charge in [0.05, 0.1) is 0 Å². The summed E-state index contributed by atoms with van der Waals surface area (Å²) < 4.78 is 11.6. The number of hydrogen-bond acceptors (Lipinski definition) is 6. The van der Waals surface area contributed by atoms with Gasteiger partial charge in [-0.1, -0.05) is 18.2 Å². The smallest absolute Gasteiger partial charge is 0.255 e. The van der Waals surface area contributed by atoms with Crippen LogP contribution in [-0.2, 0) is 0 Å². The van der Waals surface area contributed by atoms with Gasteiger partial charge in [0.1, 0.15) is 28.6 Å². The molecule has 1 fully saturated rings. The minimum atomic E-state index is -0.630. The van der Waals surface area contributed by atoms with E-state index in [1.807, 2.05) is 30.3 Å². The summed E-state index contributed by atoms with van der Waals surface area (Å²) in [4.78, 5) is 20.5. The summed E-state index contributed by atoms with van der Waals surface area (Å²) in [6, 6.07) is 16.6. The van der Waals surface area contributed by atoms with Gasteiger partial charge in [-0.25, -0.2) is 4.98 Å². The van der Waals surface area contributed by atoms with Crippen LogP contribution < -0.4 is 20.5 Å². The largest absolute Gasteiger partial charge is 0.457 e. The summed E-state index contributed by atoms with van der Waals surface area (Å²) in [5.41, 5.74) is 5.60. The number of para-hydroxylation sites is 1. The predicted molar refractivity (Wildman–Crippen MR) is 104 cm³/mol. The van der Waals surface area contributed by atoms with Crippen molar-refractivity contribution < 1.29 is 14.3 Å². The summed E-state index contributed by atoms with van der Waals surface area (Å²) in [5, 5.41) is 3.28. The molecule has 0 saturated carbocycles. The molecule has 4 rings (SSSR count). The van der Waals surface area contributed by atoms with Crippen molar-refractivity contribution in [3.63, 3.8) is 0 Å². The molecular weight excluding hydrogens is 356 g/mol. The van der Waals surface area contributed by atoms with Crippen molar-refractivity contribution in [3.8, 4) is 23.1 Å². The third kappa shape index (κ3) is 4.10. The first-order valence-electron chi connectivity index (χ1n) is 9.07. The first-order valence-corrected chi connectivity index (χ1v) is 9.07. The van der Waals surface area contributed by atoms with Crippen LogP contribution in [-0.4, -0.2) is 29.0 Å². The number of nitrogens with one attached hydrogen (secondary N) is 1. The molecule has 3 aromatic rings. The fraction of sp³-hybridized carbons (Fsp3) is 0.190. The van der Waals surface area contributed by atoms with E-state index in [1.165, 1.54) is 6.20 Å². The molecule has 0 spiro atoms. The molecule has 1 atom stereocenters. The number of benzene rings is 2. The molecule has 3 N–H and O–H groups in total. The van der Waals surface area contributed by atoms with Crippen LogP contribution in [0.5, 0.6) is 23.1 Å². The van der Waals surface area contributed by atoms with Crippen molar-refractivity contribution in [2.24, 2.45) is 5.73 Å². The molecule has 1 amide bonds.